The van der Waals surface area contributed by atoms with E-state index in [0.29, 0.717) is 6.04 Å². The van der Waals surface area contributed by atoms with E-state index in [1.54, 1.807) is 7.11 Å². The SMILES string of the molecule is CN=C(NCC(C)N1CCC(C)CC1)NCC(C)(C)OC.I. The molecule has 6 heteroatoms. The lowest BCUT2D eigenvalue weighted by molar-refractivity contribution is 0.0268. The molecule has 1 atom stereocenters. The van der Waals surface area contributed by atoms with E-state index in [9.17, 15) is 0 Å². The van der Waals surface area contributed by atoms with E-state index in [4.69, 9.17) is 4.74 Å². The van der Waals surface area contributed by atoms with Crippen LogP contribution in [0.15, 0.2) is 4.99 Å². The number of rotatable bonds is 6. The zero-order valence-electron chi connectivity index (χ0n) is 15.1. The van der Waals surface area contributed by atoms with Gasteiger partial charge in [0.2, 0.25) is 0 Å². The maximum absolute atomic E-state index is 5.41. The minimum Gasteiger partial charge on any atom is -0.377 e. The Morgan fingerprint density at radius 3 is 2.41 bits per heavy atom. The van der Waals surface area contributed by atoms with Crippen LogP contribution in [-0.4, -0.2) is 62.8 Å². The Bertz CT molecular complexity index is 328. The van der Waals surface area contributed by atoms with Crippen LogP contribution in [0, 0.1) is 5.92 Å². The first kappa shape index (κ1) is 21.9. The number of ether oxygens (including phenoxy) is 1. The van der Waals surface area contributed by atoms with Crippen LogP contribution < -0.4 is 10.6 Å². The molecule has 0 spiro atoms. The molecule has 1 saturated heterocycles. The smallest absolute Gasteiger partial charge is 0.191 e. The lowest BCUT2D eigenvalue weighted by atomic mass is 9.98. The Kier molecular flexibility index (Phi) is 10.6. The van der Waals surface area contributed by atoms with Gasteiger partial charge in [-0.1, -0.05) is 6.92 Å². The first-order valence-electron chi connectivity index (χ1n) is 8.11. The third kappa shape index (κ3) is 7.97. The van der Waals surface area contributed by atoms with Crippen molar-refractivity contribution in [2.45, 2.75) is 52.2 Å². The van der Waals surface area contributed by atoms with Gasteiger partial charge >= 0.3 is 0 Å². The van der Waals surface area contributed by atoms with Gasteiger partial charge in [-0.15, -0.1) is 24.0 Å². The van der Waals surface area contributed by atoms with Gasteiger partial charge < -0.3 is 15.4 Å². The molecule has 132 valence electrons. The molecule has 1 unspecified atom stereocenters. The predicted octanol–water partition coefficient (Wildman–Crippen LogP) is 2.31. The topological polar surface area (TPSA) is 48.9 Å². The van der Waals surface area contributed by atoms with Crippen LogP contribution in [0.1, 0.15) is 40.5 Å². The van der Waals surface area contributed by atoms with Crippen molar-refractivity contribution < 1.29 is 4.74 Å². The van der Waals surface area contributed by atoms with Crippen molar-refractivity contribution in [3.05, 3.63) is 0 Å². The van der Waals surface area contributed by atoms with Crippen molar-refractivity contribution in [1.29, 1.82) is 0 Å². The second-order valence-corrected chi connectivity index (χ2v) is 6.84. The Labute approximate surface area is 153 Å². The summed E-state index contributed by atoms with van der Waals surface area (Å²) in [4.78, 5) is 6.84. The summed E-state index contributed by atoms with van der Waals surface area (Å²) in [7, 11) is 3.54. The lowest BCUT2D eigenvalue weighted by Crippen LogP contribution is -2.50. The van der Waals surface area contributed by atoms with Crippen molar-refractivity contribution in [3.8, 4) is 0 Å². The van der Waals surface area contributed by atoms with Crippen LogP contribution in [-0.2, 0) is 4.74 Å². The molecule has 5 nitrogen and oxygen atoms in total. The van der Waals surface area contributed by atoms with Crippen molar-refractivity contribution in [1.82, 2.24) is 15.5 Å². The summed E-state index contributed by atoms with van der Waals surface area (Å²) in [6.07, 6.45) is 2.64. The fourth-order valence-corrected chi connectivity index (χ4v) is 2.43. The quantitative estimate of drug-likeness (QED) is 0.389. The number of hydrogen-bond donors (Lipinski definition) is 2. The summed E-state index contributed by atoms with van der Waals surface area (Å²) >= 11 is 0. The average molecular weight is 426 g/mol. The largest absolute Gasteiger partial charge is 0.377 e. The zero-order chi connectivity index (χ0) is 15.9. The number of nitrogens with one attached hydrogen (secondary N) is 2. The van der Waals surface area contributed by atoms with Gasteiger partial charge in [-0.2, -0.15) is 0 Å². The summed E-state index contributed by atoms with van der Waals surface area (Å²) in [5.41, 5.74) is -0.188. The normalized spacial score (nSPS) is 19.5. The minimum absolute atomic E-state index is 0. The van der Waals surface area contributed by atoms with Crippen molar-refractivity contribution in [2.24, 2.45) is 10.9 Å². The van der Waals surface area contributed by atoms with Gasteiger partial charge in [-0.25, -0.2) is 0 Å². The molecule has 0 amide bonds. The van der Waals surface area contributed by atoms with E-state index in [1.165, 1.54) is 25.9 Å². The maximum atomic E-state index is 5.41. The molecule has 1 heterocycles. The monoisotopic (exact) mass is 426 g/mol. The van der Waals surface area contributed by atoms with Gasteiger partial charge in [0.1, 0.15) is 0 Å². The van der Waals surface area contributed by atoms with Crippen molar-refractivity contribution >= 4 is 29.9 Å². The van der Waals surface area contributed by atoms with Crippen LogP contribution in [0.2, 0.25) is 0 Å². The number of hydrogen-bond acceptors (Lipinski definition) is 3. The molecule has 0 aromatic rings. The highest BCUT2D eigenvalue weighted by Crippen LogP contribution is 2.17. The van der Waals surface area contributed by atoms with E-state index in [-0.39, 0.29) is 29.6 Å². The second-order valence-electron chi connectivity index (χ2n) is 6.84. The molecule has 1 aliphatic rings. The molecule has 0 aromatic heterocycles. The number of guanidine groups is 1. The third-order valence-electron chi connectivity index (χ3n) is 4.46. The Morgan fingerprint density at radius 1 is 1.32 bits per heavy atom. The van der Waals surface area contributed by atoms with Gasteiger partial charge in [0.15, 0.2) is 5.96 Å². The second kappa shape index (κ2) is 10.6. The standard InChI is InChI=1S/C16H34N4O.HI/c1-13-7-9-20(10-8-13)14(2)11-18-15(17-5)19-12-16(3,4)21-6;/h13-14H,7-12H2,1-6H3,(H2,17,18,19);1H. The first-order chi connectivity index (χ1) is 9.88. The van der Waals surface area contributed by atoms with Gasteiger partial charge in [-0.05, 0) is 52.6 Å². The number of halogens is 1. The highest BCUT2D eigenvalue weighted by atomic mass is 127. The highest BCUT2D eigenvalue weighted by molar-refractivity contribution is 14.0. The van der Waals surface area contributed by atoms with E-state index >= 15 is 0 Å². The Balaban J connectivity index is 0.00000441. The van der Waals surface area contributed by atoms with Crippen molar-refractivity contribution in [3.63, 3.8) is 0 Å². The van der Waals surface area contributed by atoms with Crippen LogP contribution in [0.4, 0.5) is 0 Å². The van der Waals surface area contributed by atoms with Crippen LogP contribution in [0.3, 0.4) is 0 Å². The van der Waals surface area contributed by atoms with Gasteiger partial charge in [0.05, 0.1) is 5.60 Å². The van der Waals surface area contributed by atoms with Crippen LogP contribution >= 0.6 is 24.0 Å². The molecular weight excluding hydrogens is 391 g/mol. The number of nitrogens with zero attached hydrogens (tertiary/aromatic N) is 2. The summed E-state index contributed by atoms with van der Waals surface area (Å²) in [6, 6.07) is 0.534. The predicted molar refractivity (Wildman–Crippen MR) is 105 cm³/mol. The minimum atomic E-state index is -0.188. The fraction of sp³-hybridized carbons (Fsp3) is 0.938. The maximum Gasteiger partial charge on any atom is 0.191 e. The van der Waals surface area contributed by atoms with Crippen LogP contribution in [0.5, 0.6) is 0 Å². The summed E-state index contributed by atoms with van der Waals surface area (Å²) in [5.74, 6) is 1.73. The van der Waals surface area contributed by atoms with Crippen molar-refractivity contribution in [2.75, 3.05) is 40.3 Å². The number of likely N-dealkylation sites (tertiary alicyclic amines) is 1. The highest BCUT2D eigenvalue weighted by Gasteiger charge is 2.21. The van der Waals surface area contributed by atoms with Gasteiger partial charge in [0, 0.05) is 33.3 Å². The molecule has 0 aromatic carbocycles. The molecule has 2 N–H and O–H groups in total. The van der Waals surface area contributed by atoms with E-state index in [2.05, 4.69) is 48.2 Å². The molecule has 1 fully saturated rings. The fourth-order valence-electron chi connectivity index (χ4n) is 2.43. The molecule has 1 aliphatic heterocycles. The molecule has 0 bridgehead atoms. The number of piperidine rings is 1. The average Bonchev–Trinajstić information content (AvgIpc) is 2.48. The van der Waals surface area contributed by atoms with E-state index in [0.717, 1.165) is 25.0 Å². The van der Waals surface area contributed by atoms with E-state index < -0.39 is 0 Å². The first-order valence-corrected chi connectivity index (χ1v) is 8.11. The molecule has 0 saturated carbocycles. The lowest BCUT2D eigenvalue weighted by Gasteiger charge is -2.35. The molecule has 1 rings (SSSR count). The summed E-state index contributed by atoms with van der Waals surface area (Å²) in [6.45, 7) is 12.8. The number of methoxy groups -OCH3 is 1. The Morgan fingerprint density at radius 2 is 1.91 bits per heavy atom. The molecule has 0 radical (unpaired) electrons. The summed E-state index contributed by atoms with van der Waals surface area (Å²) in [5, 5.41) is 6.74. The van der Waals surface area contributed by atoms with Gasteiger partial charge in [-0.3, -0.25) is 9.89 Å². The van der Waals surface area contributed by atoms with E-state index in [1.807, 2.05) is 7.05 Å². The number of aliphatic imine (C=N–C) groups is 1. The molecule has 0 aliphatic carbocycles. The van der Waals surface area contributed by atoms with Crippen LogP contribution in [0.25, 0.3) is 0 Å². The third-order valence-corrected chi connectivity index (χ3v) is 4.46. The Hall–Kier alpha value is -0.0800. The molecular formula is C16H35IN4O. The zero-order valence-corrected chi connectivity index (χ0v) is 17.4. The molecule has 22 heavy (non-hydrogen) atoms. The van der Waals surface area contributed by atoms with Gasteiger partial charge in [0.25, 0.3) is 0 Å². The summed E-state index contributed by atoms with van der Waals surface area (Å²) < 4.78 is 5.41.